The van der Waals surface area contributed by atoms with Crippen LogP contribution in [0.4, 0.5) is 33.5 Å². The summed E-state index contributed by atoms with van der Waals surface area (Å²) in [6.45, 7) is 1.57. The van der Waals surface area contributed by atoms with Crippen LogP contribution in [0.1, 0.15) is 44.1 Å². The number of benzene rings is 3. The van der Waals surface area contributed by atoms with Gasteiger partial charge in [0.05, 0.1) is 29.8 Å². The molecule has 2 unspecified atom stereocenters. The van der Waals surface area contributed by atoms with Crippen molar-refractivity contribution in [2.45, 2.75) is 55.6 Å². The van der Waals surface area contributed by atoms with Gasteiger partial charge in [0.25, 0.3) is 0 Å². The molecule has 5 heterocycles. The molecule has 1 aromatic heterocycles. The lowest BCUT2D eigenvalue weighted by Crippen LogP contribution is -2.62. The van der Waals surface area contributed by atoms with Gasteiger partial charge in [0.2, 0.25) is 0 Å². The molecule has 2 atom stereocenters. The molecule has 3 aromatic carbocycles. The first-order chi connectivity index (χ1) is 22.0. The molecule has 12 heteroatoms. The number of alkyl halides is 2. The van der Waals surface area contributed by atoms with E-state index >= 15 is 17.6 Å². The Hall–Kier alpha value is -4.21. The van der Waals surface area contributed by atoms with Crippen molar-refractivity contribution in [3.8, 4) is 29.5 Å². The van der Waals surface area contributed by atoms with E-state index in [4.69, 9.17) is 16.9 Å². The molecule has 7 nitrogen and oxygen atoms in total. The van der Waals surface area contributed by atoms with E-state index < -0.39 is 34.6 Å². The van der Waals surface area contributed by atoms with Crippen LogP contribution in [0.5, 0.6) is 6.01 Å². The van der Waals surface area contributed by atoms with Crippen LogP contribution in [0.15, 0.2) is 30.3 Å². The van der Waals surface area contributed by atoms with Gasteiger partial charge in [-0.05, 0) is 74.0 Å². The maximum absolute atomic E-state index is 16.9. The molecule has 46 heavy (non-hydrogen) atoms. The molecule has 4 aliphatic rings. The van der Waals surface area contributed by atoms with Crippen LogP contribution in [0.2, 0.25) is 0 Å². The summed E-state index contributed by atoms with van der Waals surface area (Å²) >= 11 is 0. The molecule has 0 amide bonds. The Morgan fingerprint density at radius 3 is 2.37 bits per heavy atom. The smallest absolute Gasteiger partial charge is 0.319 e. The molecule has 0 spiro atoms. The Morgan fingerprint density at radius 2 is 1.67 bits per heavy atom. The van der Waals surface area contributed by atoms with Crippen molar-refractivity contribution in [2.24, 2.45) is 0 Å². The second-order valence-electron chi connectivity index (χ2n) is 13.1. The number of aromatic nitrogens is 2. The highest BCUT2D eigenvalue weighted by molar-refractivity contribution is 6.05. The van der Waals surface area contributed by atoms with Gasteiger partial charge in [-0.1, -0.05) is 12.0 Å². The summed E-state index contributed by atoms with van der Waals surface area (Å²) in [5, 5.41) is 2.84. The maximum atomic E-state index is 16.9. The molecule has 4 aromatic rings. The molecule has 2 bridgehead atoms. The summed E-state index contributed by atoms with van der Waals surface area (Å²) in [5.74, 6) is -4.70. The number of anilines is 2. The zero-order valence-electron chi connectivity index (χ0n) is 24.9. The van der Waals surface area contributed by atoms with E-state index in [-0.39, 0.29) is 83.0 Å². The molecule has 0 aliphatic carbocycles. The number of nitrogens with two attached hydrogens (primary N) is 1. The Balaban J connectivity index is 1.32. The average Bonchev–Trinajstić information content (AvgIpc) is 3.66. The van der Waals surface area contributed by atoms with Gasteiger partial charge in [0.1, 0.15) is 29.6 Å². The fraction of sp³-hybridized carbons (Fsp3) is 0.412. The number of fused-ring (bicyclic) bond motifs is 5. The zero-order valence-corrected chi connectivity index (χ0v) is 24.9. The van der Waals surface area contributed by atoms with E-state index in [0.29, 0.717) is 5.39 Å². The number of nitrogens with zero attached hydrogens (tertiary/aromatic N) is 4. The van der Waals surface area contributed by atoms with Gasteiger partial charge in [-0.15, -0.1) is 6.42 Å². The van der Waals surface area contributed by atoms with E-state index in [2.05, 4.69) is 26.1 Å². The standard InChI is InChI=1S/C34H31F5N6O/c1-2-21-24(35)6-5-19-13-20(40)14-22(26(19)21)27-25(36)15-23-29(28(27)37)41-31(46-18-32-7-3-11-45(32)12-4-8-32)42-30(23)44-16-33(38)9-10-34(39,17-44)43-33/h1,5-6,13-15,43H,3-4,7-12,16-18,40H2. The van der Waals surface area contributed by atoms with E-state index in [0.717, 1.165) is 44.8 Å². The molecular formula is C34H31F5N6O. The first-order valence-corrected chi connectivity index (χ1v) is 15.5. The summed E-state index contributed by atoms with van der Waals surface area (Å²) in [6, 6.07) is 6.31. The van der Waals surface area contributed by atoms with Gasteiger partial charge in [-0.2, -0.15) is 9.97 Å². The monoisotopic (exact) mass is 634 g/mol. The van der Waals surface area contributed by atoms with Crippen LogP contribution in [0.25, 0.3) is 32.8 Å². The van der Waals surface area contributed by atoms with Crippen LogP contribution >= 0.6 is 0 Å². The Bertz CT molecular complexity index is 1950. The van der Waals surface area contributed by atoms with E-state index in [1.165, 1.54) is 29.2 Å². The number of nitrogens with one attached hydrogen (secondary N) is 1. The summed E-state index contributed by atoms with van der Waals surface area (Å²) in [4.78, 5) is 12.7. The number of hydrogen-bond donors (Lipinski definition) is 2. The number of terminal acetylenes is 1. The maximum Gasteiger partial charge on any atom is 0.319 e. The average molecular weight is 635 g/mol. The number of hydrogen-bond acceptors (Lipinski definition) is 7. The first-order valence-electron chi connectivity index (χ1n) is 15.5. The van der Waals surface area contributed by atoms with Crippen molar-refractivity contribution >= 4 is 33.2 Å². The minimum absolute atomic E-state index is 0.0446. The zero-order chi connectivity index (χ0) is 32.0. The predicted molar refractivity (Wildman–Crippen MR) is 165 cm³/mol. The molecule has 4 saturated heterocycles. The van der Waals surface area contributed by atoms with Crippen molar-refractivity contribution in [2.75, 3.05) is 43.4 Å². The van der Waals surface area contributed by atoms with Crippen LogP contribution in [-0.2, 0) is 0 Å². The number of nitrogen functional groups attached to an aromatic ring is 1. The van der Waals surface area contributed by atoms with Crippen LogP contribution < -0.4 is 20.7 Å². The van der Waals surface area contributed by atoms with Crippen molar-refractivity contribution in [3.63, 3.8) is 0 Å². The molecule has 238 valence electrons. The van der Waals surface area contributed by atoms with Gasteiger partial charge >= 0.3 is 6.01 Å². The van der Waals surface area contributed by atoms with Crippen molar-refractivity contribution in [1.82, 2.24) is 20.2 Å². The molecule has 3 N–H and O–H groups in total. The minimum Gasteiger partial charge on any atom is -0.461 e. The van der Waals surface area contributed by atoms with Crippen molar-refractivity contribution in [1.29, 1.82) is 0 Å². The SMILES string of the molecule is C#Cc1c(F)ccc2cc(N)cc(-c3c(F)cc4c(N5CC6(F)CCC(F)(C5)N6)nc(OCC56CCCN5CCC6)nc4c3F)c12. The quantitative estimate of drug-likeness (QED) is 0.121. The topological polar surface area (TPSA) is 79.5 Å². The largest absolute Gasteiger partial charge is 0.461 e. The van der Waals surface area contributed by atoms with E-state index in [1.54, 1.807) is 0 Å². The van der Waals surface area contributed by atoms with Crippen LogP contribution in [-0.4, -0.2) is 64.8 Å². The molecule has 0 radical (unpaired) electrons. The summed E-state index contributed by atoms with van der Waals surface area (Å²) in [7, 11) is 0. The van der Waals surface area contributed by atoms with Gasteiger partial charge < -0.3 is 15.4 Å². The van der Waals surface area contributed by atoms with Crippen molar-refractivity contribution < 1.29 is 26.7 Å². The Kier molecular flexibility index (Phi) is 6.44. The number of piperazine rings is 1. The molecule has 8 rings (SSSR count). The third kappa shape index (κ3) is 4.47. The number of ether oxygens (including phenoxy) is 1. The summed E-state index contributed by atoms with van der Waals surface area (Å²) in [5.41, 5.74) is 5.04. The lowest BCUT2D eigenvalue weighted by Gasteiger charge is -2.40. The van der Waals surface area contributed by atoms with E-state index in [9.17, 15) is 4.39 Å². The fourth-order valence-corrected chi connectivity index (χ4v) is 8.15. The van der Waals surface area contributed by atoms with E-state index in [1.807, 2.05) is 0 Å². The molecule has 4 fully saturated rings. The van der Waals surface area contributed by atoms with Gasteiger partial charge in [-0.25, -0.2) is 27.3 Å². The van der Waals surface area contributed by atoms with Crippen LogP contribution in [0.3, 0.4) is 0 Å². The highest BCUT2D eigenvalue weighted by Gasteiger charge is 2.55. The second-order valence-corrected chi connectivity index (χ2v) is 13.1. The minimum atomic E-state index is -2.05. The highest BCUT2D eigenvalue weighted by Crippen LogP contribution is 2.45. The normalized spacial score (nSPS) is 25.3. The summed E-state index contributed by atoms with van der Waals surface area (Å²) < 4.78 is 85.3. The number of rotatable bonds is 5. The van der Waals surface area contributed by atoms with Crippen molar-refractivity contribution in [3.05, 3.63) is 53.3 Å². The summed E-state index contributed by atoms with van der Waals surface area (Å²) in [6.07, 6.45) is 9.43. The van der Waals surface area contributed by atoms with Gasteiger partial charge in [-0.3, -0.25) is 4.90 Å². The highest BCUT2D eigenvalue weighted by atomic mass is 19.2. The molecule has 4 aliphatic heterocycles. The fourth-order valence-electron chi connectivity index (χ4n) is 8.15. The lowest BCUT2D eigenvalue weighted by molar-refractivity contribution is 0.0435. The predicted octanol–water partition coefficient (Wildman–Crippen LogP) is 5.97. The third-order valence-electron chi connectivity index (χ3n) is 10.2. The van der Waals surface area contributed by atoms with Crippen LogP contribution in [0, 0.1) is 29.8 Å². The second kappa shape index (κ2) is 10.1. The molecular weight excluding hydrogens is 603 g/mol. The lowest BCUT2D eigenvalue weighted by atomic mass is 9.92. The number of halogens is 5. The molecule has 0 saturated carbocycles. The Morgan fingerprint density at radius 1 is 0.957 bits per heavy atom. The van der Waals surface area contributed by atoms with Gasteiger partial charge in [0, 0.05) is 29.3 Å². The Labute approximate surface area is 261 Å². The first kappa shape index (κ1) is 29.2. The van der Waals surface area contributed by atoms with Gasteiger partial charge in [0.15, 0.2) is 17.4 Å². The third-order valence-corrected chi connectivity index (χ3v) is 10.2.